The molecule has 4 rings (SSSR count). The number of nitrogens with zero attached hydrogens (tertiary/aromatic N) is 2. The normalized spacial score (nSPS) is 16.9. The Morgan fingerprint density at radius 3 is 2.67 bits per heavy atom. The van der Waals surface area contributed by atoms with E-state index in [0.717, 1.165) is 23.4 Å². The second-order valence-corrected chi connectivity index (χ2v) is 8.47. The Hall–Kier alpha value is -2.12. The van der Waals surface area contributed by atoms with Gasteiger partial charge in [-0.05, 0) is 37.1 Å². The lowest BCUT2D eigenvalue weighted by Crippen LogP contribution is -2.36. The predicted octanol–water partition coefficient (Wildman–Crippen LogP) is 4.06. The highest BCUT2D eigenvalue weighted by molar-refractivity contribution is 7.15. The van der Waals surface area contributed by atoms with E-state index in [1.165, 1.54) is 24.2 Å². The van der Waals surface area contributed by atoms with Gasteiger partial charge in [0.2, 0.25) is 0 Å². The molecule has 0 radical (unpaired) electrons. The molecular weight excluding hydrogens is 384 g/mol. The number of amides is 3. The van der Waals surface area contributed by atoms with Gasteiger partial charge in [-0.25, -0.2) is 9.78 Å². The summed E-state index contributed by atoms with van der Waals surface area (Å²) in [6, 6.07) is 7.01. The summed E-state index contributed by atoms with van der Waals surface area (Å²) in [5, 5.41) is 7.06. The quantitative estimate of drug-likeness (QED) is 0.810. The summed E-state index contributed by atoms with van der Waals surface area (Å²) in [5.74, 6) is -0.0146. The fourth-order valence-corrected chi connectivity index (χ4v) is 4.73. The molecule has 1 aliphatic carbocycles. The fourth-order valence-electron chi connectivity index (χ4n) is 3.59. The Balaban J connectivity index is 1.39. The van der Waals surface area contributed by atoms with Gasteiger partial charge in [0.25, 0.3) is 5.91 Å². The van der Waals surface area contributed by atoms with Crippen LogP contribution in [0.15, 0.2) is 24.3 Å². The van der Waals surface area contributed by atoms with Crippen LogP contribution < -0.4 is 10.6 Å². The number of thiazole rings is 1. The van der Waals surface area contributed by atoms with Crippen molar-refractivity contribution >= 4 is 40.0 Å². The minimum absolute atomic E-state index is 0.0146. The van der Waals surface area contributed by atoms with Gasteiger partial charge < -0.3 is 10.2 Å². The van der Waals surface area contributed by atoms with E-state index in [1.807, 2.05) is 4.90 Å². The smallest absolute Gasteiger partial charge is 0.321 e. The van der Waals surface area contributed by atoms with E-state index in [1.54, 1.807) is 24.3 Å². The average Bonchev–Trinajstić information content (AvgIpc) is 3.30. The molecule has 0 unspecified atom stereocenters. The van der Waals surface area contributed by atoms with Gasteiger partial charge in [-0.2, -0.15) is 0 Å². The molecule has 2 heterocycles. The molecule has 8 heteroatoms. The fraction of sp³-hybridized carbons (Fsp3) is 0.421. The molecule has 1 fully saturated rings. The van der Waals surface area contributed by atoms with Gasteiger partial charge in [-0.15, -0.1) is 0 Å². The Morgan fingerprint density at radius 1 is 1.19 bits per heavy atom. The third-order valence-corrected chi connectivity index (χ3v) is 6.27. The summed E-state index contributed by atoms with van der Waals surface area (Å²) in [6.07, 6.45) is 5.13. The maximum atomic E-state index is 12.7. The van der Waals surface area contributed by atoms with Crippen molar-refractivity contribution in [1.29, 1.82) is 0 Å². The van der Waals surface area contributed by atoms with Crippen molar-refractivity contribution < 1.29 is 9.59 Å². The number of carbonyl (C=O) groups excluding carboxylic acids is 2. The van der Waals surface area contributed by atoms with E-state index in [2.05, 4.69) is 15.6 Å². The number of fused-ring (bicyclic) bond motifs is 1. The van der Waals surface area contributed by atoms with Crippen LogP contribution >= 0.6 is 22.9 Å². The Morgan fingerprint density at radius 2 is 1.93 bits per heavy atom. The molecule has 1 saturated carbocycles. The summed E-state index contributed by atoms with van der Waals surface area (Å²) in [6.45, 7) is 1.13. The number of halogens is 1. The van der Waals surface area contributed by atoms with Crippen molar-refractivity contribution in [2.45, 2.75) is 44.7 Å². The van der Waals surface area contributed by atoms with Crippen LogP contribution in [-0.2, 0) is 13.0 Å². The van der Waals surface area contributed by atoms with Crippen LogP contribution in [0.1, 0.15) is 46.6 Å². The molecule has 2 N–H and O–H groups in total. The van der Waals surface area contributed by atoms with E-state index >= 15 is 0 Å². The summed E-state index contributed by atoms with van der Waals surface area (Å²) in [5.41, 5.74) is 1.60. The Kier molecular flexibility index (Phi) is 5.31. The Bertz CT molecular complexity index is 846. The number of anilines is 1. The minimum atomic E-state index is -0.193. The molecule has 2 aliphatic rings. The summed E-state index contributed by atoms with van der Waals surface area (Å²) in [7, 11) is 0. The number of hydrogen-bond donors (Lipinski definition) is 2. The van der Waals surface area contributed by atoms with Gasteiger partial charge >= 0.3 is 6.03 Å². The van der Waals surface area contributed by atoms with Crippen LogP contribution in [0.2, 0.25) is 5.02 Å². The van der Waals surface area contributed by atoms with Gasteiger partial charge in [0.1, 0.15) is 0 Å². The number of aromatic nitrogens is 1. The van der Waals surface area contributed by atoms with Crippen molar-refractivity contribution in [2.24, 2.45) is 0 Å². The average molecular weight is 405 g/mol. The number of nitrogens with one attached hydrogen (secondary N) is 2. The molecule has 1 aromatic heterocycles. The van der Waals surface area contributed by atoms with Crippen molar-refractivity contribution in [2.75, 3.05) is 11.9 Å². The molecule has 0 atom stereocenters. The molecule has 27 heavy (non-hydrogen) atoms. The predicted molar refractivity (Wildman–Crippen MR) is 106 cm³/mol. The zero-order valence-electron chi connectivity index (χ0n) is 14.8. The SMILES string of the molecule is O=C(Nc1nc2c(s1)CN(C(=O)c1ccc(Cl)cc1)CC2)NC1CCCC1. The number of hydrogen-bond acceptors (Lipinski definition) is 4. The Labute approximate surface area is 166 Å². The highest BCUT2D eigenvalue weighted by Gasteiger charge is 2.25. The number of benzene rings is 1. The number of urea groups is 1. The van der Waals surface area contributed by atoms with Crippen molar-refractivity contribution in [3.63, 3.8) is 0 Å². The first-order valence-electron chi connectivity index (χ1n) is 9.19. The van der Waals surface area contributed by atoms with E-state index in [-0.39, 0.29) is 18.0 Å². The first-order valence-corrected chi connectivity index (χ1v) is 10.4. The van der Waals surface area contributed by atoms with E-state index < -0.39 is 0 Å². The van der Waals surface area contributed by atoms with E-state index in [4.69, 9.17) is 11.6 Å². The third kappa shape index (κ3) is 4.25. The molecule has 0 spiro atoms. The lowest BCUT2D eigenvalue weighted by Gasteiger charge is -2.26. The molecule has 1 aliphatic heterocycles. The van der Waals surface area contributed by atoms with Crippen molar-refractivity contribution in [1.82, 2.24) is 15.2 Å². The van der Waals surface area contributed by atoms with Crippen LogP contribution in [0, 0.1) is 0 Å². The van der Waals surface area contributed by atoms with Crippen LogP contribution in [0.4, 0.5) is 9.93 Å². The maximum Gasteiger partial charge on any atom is 0.321 e. The highest BCUT2D eigenvalue weighted by Crippen LogP contribution is 2.29. The zero-order valence-corrected chi connectivity index (χ0v) is 16.4. The molecule has 142 valence electrons. The lowest BCUT2D eigenvalue weighted by atomic mass is 10.1. The molecule has 1 aromatic carbocycles. The third-order valence-electron chi connectivity index (χ3n) is 5.02. The van der Waals surface area contributed by atoms with Crippen LogP contribution in [-0.4, -0.2) is 34.4 Å². The number of rotatable bonds is 3. The standard InChI is InChI=1S/C19H21ClN4O2S/c20-13-7-5-12(6-8-13)17(25)24-10-9-15-16(11-24)27-19(22-15)23-18(26)21-14-3-1-2-4-14/h5-8,14H,1-4,9-11H2,(H2,21,22,23,26). The first-order chi connectivity index (χ1) is 13.1. The molecule has 3 amide bonds. The molecule has 2 aromatic rings. The van der Waals surface area contributed by atoms with Gasteiger partial charge in [0.15, 0.2) is 5.13 Å². The van der Waals surface area contributed by atoms with Gasteiger partial charge in [-0.3, -0.25) is 10.1 Å². The van der Waals surface area contributed by atoms with Crippen LogP contribution in [0.25, 0.3) is 0 Å². The summed E-state index contributed by atoms with van der Waals surface area (Å²) >= 11 is 7.34. The topological polar surface area (TPSA) is 74.3 Å². The molecule has 6 nitrogen and oxygen atoms in total. The minimum Gasteiger partial charge on any atom is -0.335 e. The lowest BCUT2D eigenvalue weighted by molar-refractivity contribution is 0.0736. The second kappa shape index (κ2) is 7.86. The zero-order chi connectivity index (χ0) is 18.8. The summed E-state index contributed by atoms with van der Waals surface area (Å²) in [4.78, 5) is 32.2. The first kappa shape index (κ1) is 18.3. The van der Waals surface area contributed by atoms with E-state index in [0.29, 0.717) is 35.2 Å². The maximum absolute atomic E-state index is 12.7. The van der Waals surface area contributed by atoms with Crippen LogP contribution in [0.5, 0.6) is 0 Å². The van der Waals surface area contributed by atoms with Gasteiger partial charge in [0.05, 0.1) is 12.2 Å². The molecular formula is C19H21ClN4O2S. The van der Waals surface area contributed by atoms with Gasteiger partial charge in [0, 0.05) is 34.5 Å². The molecule has 0 bridgehead atoms. The monoisotopic (exact) mass is 404 g/mol. The number of carbonyl (C=O) groups is 2. The second-order valence-electron chi connectivity index (χ2n) is 6.95. The molecule has 0 saturated heterocycles. The summed E-state index contributed by atoms with van der Waals surface area (Å²) < 4.78 is 0. The van der Waals surface area contributed by atoms with Crippen molar-refractivity contribution in [3.8, 4) is 0 Å². The van der Waals surface area contributed by atoms with Crippen LogP contribution in [0.3, 0.4) is 0 Å². The largest absolute Gasteiger partial charge is 0.335 e. The van der Waals surface area contributed by atoms with E-state index in [9.17, 15) is 9.59 Å². The highest BCUT2D eigenvalue weighted by atomic mass is 35.5. The van der Waals surface area contributed by atoms with Gasteiger partial charge in [-0.1, -0.05) is 35.8 Å². The van der Waals surface area contributed by atoms with Crippen molar-refractivity contribution in [3.05, 3.63) is 45.4 Å².